The minimum atomic E-state index is -0.651. The summed E-state index contributed by atoms with van der Waals surface area (Å²) in [5.41, 5.74) is 2.79. The number of rotatable bonds is 5. The molecule has 0 unspecified atom stereocenters. The van der Waals surface area contributed by atoms with Crippen LogP contribution in [0.3, 0.4) is 0 Å². The molecule has 5 nitrogen and oxygen atoms in total. The SMILES string of the molecule is Cn1c(Cc2ccccc2)ccc(NC(=O)OCc2ccccc2)c1=O. The van der Waals surface area contributed by atoms with Crippen molar-refractivity contribution in [1.29, 1.82) is 0 Å². The summed E-state index contributed by atoms with van der Waals surface area (Å²) in [5.74, 6) is 0. The van der Waals surface area contributed by atoms with Crippen molar-refractivity contribution < 1.29 is 9.53 Å². The Hall–Kier alpha value is -3.34. The van der Waals surface area contributed by atoms with Gasteiger partial charge in [0.05, 0.1) is 0 Å². The van der Waals surface area contributed by atoms with E-state index in [1.807, 2.05) is 66.7 Å². The van der Waals surface area contributed by atoms with E-state index in [2.05, 4.69) is 5.32 Å². The van der Waals surface area contributed by atoms with E-state index < -0.39 is 6.09 Å². The average Bonchev–Trinajstić information content (AvgIpc) is 2.68. The molecule has 5 heteroatoms. The molecule has 0 fully saturated rings. The molecule has 3 rings (SSSR count). The molecule has 3 aromatic rings. The zero-order chi connectivity index (χ0) is 18.4. The number of carbonyl (C=O) groups is 1. The maximum Gasteiger partial charge on any atom is 0.412 e. The normalized spacial score (nSPS) is 10.3. The molecule has 1 aromatic heterocycles. The van der Waals surface area contributed by atoms with Crippen LogP contribution in [0.1, 0.15) is 16.8 Å². The zero-order valence-corrected chi connectivity index (χ0v) is 14.5. The molecule has 0 spiro atoms. The smallest absolute Gasteiger partial charge is 0.412 e. The molecule has 132 valence electrons. The van der Waals surface area contributed by atoms with Gasteiger partial charge in [0.2, 0.25) is 0 Å². The van der Waals surface area contributed by atoms with Gasteiger partial charge in [-0.15, -0.1) is 0 Å². The Kier molecular flexibility index (Phi) is 5.49. The lowest BCUT2D eigenvalue weighted by Crippen LogP contribution is -2.26. The molecule has 0 aliphatic heterocycles. The predicted octanol–water partition coefficient (Wildman–Crippen LogP) is 3.72. The van der Waals surface area contributed by atoms with E-state index >= 15 is 0 Å². The molecular weight excluding hydrogens is 328 g/mol. The molecule has 1 N–H and O–H groups in total. The second kappa shape index (κ2) is 8.16. The fraction of sp³-hybridized carbons (Fsp3) is 0.143. The summed E-state index contributed by atoms with van der Waals surface area (Å²) in [7, 11) is 1.70. The lowest BCUT2D eigenvalue weighted by molar-refractivity contribution is 0.155. The number of hydrogen-bond donors (Lipinski definition) is 1. The highest BCUT2D eigenvalue weighted by Gasteiger charge is 2.10. The van der Waals surface area contributed by atoms with Crippen LogP contribution < -0.4 is 10.9 Å². The average molecular weight is 348 g/mol. The highest BCUT2D eigenvalue weighted by molar-refractivity contribution is 5.84. The van der Waals surface area contributed by atoms with Gasteiger partial charge in [-0.3, -0.25) is 10.1 Å². The quantitative estimate of drug-likeness (QED) is 0.764. The highest BCUT2D eigenvalue weighted by Crippen LogP contribution is 2.10. The Morgan fingerprint density at radius 3 is 2.19 bits per heavy atom. The molecule has 0 atom stereocenters. The molecular formula is C21H20N2O3. The molecule has 1 heterocycles. The molecule has 1 amide bonds. The van der Waals surface area contributed by atoms with E-state index in [9.17, 15) is 9.59 Å². The van der Waals surface area contributed by atoms with E-state index in [1.165, 1.54) is 0 Å². The first-order chi connectivity index (χ1) is 12.6. The first-order valence-electron chi connectivity index (χ1n) is 8.34. The van der Waals surface area contributed by atoms with Gasteiger partial charge in [0.25, 0.3) is 5.56 Å². The topological polar surface area (TPSA) is 60.3 Å². The lowest BCUT2D eigenvalue weighted by atomic mass is 10.1. The van der Waals surface area contributed by atoms with E-state index in [-0.39, 0.29) is 17.9 Å². The van der Waals surface area contributed by atoms with Crippen LogP contribution >= 0.6 is 0 Å². The molecule has 0 aliphatic rings. The van der Waals surface area contributed by atoms with Crippen molar-refractivity contribution in [2.75, 3.05) is 5.32 Å². The summed E-state index contributed by atoms with van der Waals surface area (Å²) in [4.78, 5) is 24.4. The molecule has 0 bridgehead atoms. The molecule has 26 heavy (non-hydrogen) atoms. The summed E-state index contributed by atoms with van der Waals surface area (Å²) < 4.78 is 6.70. The van der Waals surface area contributed by atoms with Crippen LogP contribution in [0.2, 0.25) is 0 Å². The summed E-state index contributed by atoms with van der Waals surface area (Å²) in [6.45, 7) is 0.152. The fourth-order valence-electron chi connectivity index (χ4n) is 2.62. The fourth-order valence-corrected chi connectivity index (χ4v) is 2.62. The Morgan fingerprint density at radius 1 is 0.923 bits per heavy atom. The van der Waals surface area contributed by atoms with Crippen LogP contribution in [-0.4, -0.2) is 10.7 Å². The van der Waals surface area contributed by atoms with E-state index in [0.717, 1.165) is 16.8 Å². The van der Waals surface area contributed by atoms with Gasteiger partial charge in [-0.1, -0.05) is 60.7 Å². The van der Waals surface area contributed by atoms with Crippen molar-refractivity contribution >= 4 is 11.8 Å². The van der Waals surface area contributed by atoms with Gasteiger partial charge in [0.1, 0.15) is 12.3 Å². The summed E-state index contributed by atoms with van der Waals surface area (Å²) in [6, 6.07) is 22.7. The minimum absolute atomic E-state index is 0.152. The van der Waals surface area contributed by atoms with Gasteiger partial charge in [0.15, 0.2) is 0 Å². The van der Waals surface area contributed by atoms with Crippen LogP contribution in [-0.2, 0) is 24.8 Å². The number of benzene rings is 2. The largest absolute Gasteiger partial charge is 0.444 e. The van der Waals surface area contributed by atoms with Crippen LogP contribution in [0.25, 0.3) is 0 Å². The lowest BCUT2D eigenvalue weighted by Gasteiger charge is -2.11. The van der Waals surface area contributed by atoms with Crippen molar-refractivity contribution in [1.82, 2.24) is 4.57 Å². The molecule has 0 saturated heterocycles. The summed E-state index contributed by atoms with van der Waals surface area (Å²) in [5, 5.41) is 2.52. The second-order valence-electron chi connectivity index (χ2n) is 5.95. The van der Waals surface area contributed by atoms with Crippen LogP contribution in [0.5, 0.6) is 0 Å². The number of nitrogens with one attached hydrogen (secondary N) is 1. The van der Waals surface area contributed by atoms with Gasteiger partial charge in [-0.25, -0.2) is 4.79 Å². The number of carbonyl (C=O) groups excluding carboxylic acids is 1. The van der Waals surface area contributed by atoms with Crippen molar-refractivity contribution in [2.45, 2.75) is 13.0 Å². The maximum atomic E-state index is 12.5. The molecule has 0 radical (unpaired) electrons. The number of aromatic nitrogens is 1. The van der Waals surface area contributed by atoms with E-state index in [1.54, 1.807) is 17.7 Å². The molecule has 0 saturated carbocycles. The number of amides is 1. The highest BCUT2D eigenvalue weighted by atomic mass is 16.5. The van der Waals surface area contributed by atoms with E-state index in [4.69, 9.17) is 4.74 Å². The Labute approximate surface area is 151 Å². The number of anilines is 1. The van der Waals surface area contributed by atoms with Gasteiger partial charge in [-0.2, -0.15) is 0 Å². The Morgan fingerprint density at radius 2 is 1.54 bits per heavy atom. The van der Waals surface area contributed by atoms with E-state index in [0.29, 0.717) is 6.42 Å². The molecule has 0 aliphatic carbocycles. The number of nitrogens with zero attached hydrogens (tertiary/aromatic N) is 1. The van der Waals surface area contributed by atoms with Crippen molar-refractivity contribution in [3.63, 3.8) is 0 Å². The number of ether oxygens (including phenoxy) is 1. The van der Waals surface area contributed by atoms with Crippen molar-refractivity contribution in [3.05, 3.63) is 100.0 Å². The van der Waals surface area contributed by atoms with Gasteiger partial charge < -0.3 is 9.30 Å². The number of hydrogen-bond acceptors (Lipinski definition) is 3. The Balaban J connectivity index is 1.66. The Bertz CT molecular complexity index is 934. The van der Waals surface area contributed by atoms with Gasteiger partial charge in [-0.05, 0) is 23.3 Å². The van der Waals surface area contributed by atoms with Crippen molar-refractivity contribution in [2.24, 2.45) is 7.05 Å². The second-order valence-corrected chi connectivity index (χ2v) is 5.95. The van der Waals surface area contributed by atoms with Crippen LogP contribution in [0.4, 0.5) is 10.5 Å². The van der Waals surface area contributed by atoms with Crippen LogP contribution in [0, 0.1) is 0 Å². The third kappa shape index (κ3) is 4.39. The summed E-state index contributed by atoms with van der Waals surface area (Å²) in [6.07, 6.45) is -0.00699. The van der Waals surface area contributed by atoms with Crippen LogP contribution in [0.15, 0.2) is 77.6 Å². The minimum Gasteiger partial charge on any atom is -0.444 e. The standard InChI is InChI=1S/C21H20N2O3/c1-23-18(14-16-8-4-2-5-9-16)12-13-19(20(23)24)22-21(25)26-15-17-10-6-3-7-11-17/h2-13H,14-15H2,1H3,(H,22,25). The summed E-state index contributed by atoms with van der Waals surface area (Å²) >= 11 is 0. The third-order valence-corrected chi connectivity index (χ3v) is 4.09. The maximum absolute atomic E-state index is 12.5. The number of pyridine rings is 1. The molecule has 2 aromatic carbocycles. The van der Waals surface area contributed by atoms with Gasteiger partial charge in [0, 0.05) is 19.2 Å². The van der Waals surface area contributed by atoms with Gasteiger partial charge >= 0.3 is 6.09 Å². The predicted molar refractivity (Wildman–Crippen MR) is 101 cm³/mol. The van der Waals surface area contributed by atoms with Crippen molar-refractivity contribution in [3.8, 4) is 0 Å². The first kappa shape index (κ1) is 17.5. The zero-order valence-electron chi connectivity index (χ0n) is 14.5. The third-order valence-electron chi connectivity index (χ3n) is 4.09. The monoisotopic (exact) mass is 348 g/mol. The first-order valence-corrected chi connectivity index (χ1v) is 8.34.